The third-order valence-electron chi connectivity index (χ3n) is 3.27. The summed E-state index contributed by atoms with van der Waals surface area (Å²) < 4.78 is 10.7. The van der Waals surface area contributed by atoms with Crippen LogP contribution in [0.3, 0.4) is 0 Å². The first-order chi connectivity index (χ1) is 11.7. The van der Waals surface area contributed by atoms with Crippen LogP contribution in [0.1, 0.15) is 20.7 Å². The van der Waals surface area contributed by atoms with Gasteiger partial charge in [-0.05, 0) is 36.4 Å². The molecule has 25 heavy (non-hydrogen) atoms. The van der Waals surface area contributed by atoms with Crippen molar-refractivity contribution in [2.75, 3.05) is 0 Å². The standard InChI is InChI=1S/C20H14O4.BrH/c21-19(15-9-3-1-4-10-15)23-17-13-7-8-14-18(17)24-20(22)16-11-5-2-6-12-16;/h1-14H;1H. The Bertz CT molecular complexity index is 775. The van der Waals surface area contributed by atoms with Crippen LogP contribution >= 0.6 is 17.0 Å². The van der Waals surface area contributed by atoms with Crippen LogP contribution in [0.5, 0.6) is 11.5 Å². The number of carbonyl (C=O) groups excluding carboxylic acids is 2. The van der Waals surface area contributed by atoms with Crippen molar-refractivity contribution in [1.82, 2.24) is 0 Å². The lowest BCUT2D eigenvalue weighted by atomic mass is 10.2. The number of hydrogen-bond donors (Lipinski definition) is 0. The van der Waals surface area contributed by atoms with Crippen LogP contribution in [-0.2, 0) is 0 Å². The molecule has 0 aliphatic rings. The van der Waals surface area contributed by atoms with Gasteiger partial charge in [-0.15, -0.1) is 17.0 Å². The fourth-order valence-electron chi connectivity index (χ4n) is 2.08. The molecule has 0 aliphatic carbocycles. The minimum absolute atomic E-state index is 0. The zero-order valence-electron chi connectivity index (χ0n) is 13.1. The average molecular weight is 399 g/mol. The van der Waals surface area contributed by atoms with E-state index in [1.807, 2.05) is 12.1 Å². The molecule has 0 saturated carbocycles. The number of benzene rings is 3. The number of para-hydroxylation sites is 2. The average Bonchev–Trinajstić information content (AvgIpc) is 2.64. The molecule has 0 fully saturated rings. The first kappa shape index (κ1) is 18.4. The predicted molar refractivity (Wildman–Crippen MR) is 99.6 cm³/mol. The predicted octanol–water partition coefficient (Wildman–Crippen LogP) is 4.70. The van der Waals surface area contributed by atoms with E-state index in [1.165, 1.54) is 0 Å². The van der Waals surface area contributed by atoms with Gasteiger partial charge >= 0.3 is 11.9 Å². The highest BCUT2D eigenvalue weighted by molar-refractivity contribution is 8.93. The number of rotatable bonds is 4. The second-order valence-electron chi connectivity index (χ2n) is 4.96. The Morgan fingerprint density at radius 3 is 1.20 bits per heavy atom. The second kappa shape index (κ2) is 8.80. The lowest BCUT2D eigenvalue weighted by molar-refractivity contribution is 0.0682. The molecule has 5 heteroatoms. The van der Waals surface area contributed by atoms with Gasteiger partial charge in [0.1, 0.15) is 0 Å². The van der Waals surface area contributed by atoms with Crippen molar-refractivity contribution < 1.29 is 19.1 Å². The summed E-state index contributed by atoms with van der Waals surface area (Å²) in [5.41, 5.74) is 0.836. The lowest BCUT2D eigenvalue weighted by Gasteiger charge is -2.10. The molecule has 0 heterocycles. The van der Waals surface area contributed by atoms with E-state index >= 15 is 0 Å². The van der Waals surface area contributed by atoms with Crippen LogP contribution in [0.4, 0.5) is 0 Å². The molecule has 0 unspecified atom stereocenters. The van der Waals surface area contributed by atoms with E-state index in [1.54, 1.807) is 72.8 Å². The molecule has 0 spiro atoms. The summed E-state index contributed by atoms with van der Waals surface area (Å²) in [4.78, 5) is 24.3. The third kappa shape index (κ3) is 4.78. The Labute approximate surface area is 155 Å². The lowest BCUT2D eigenvalue weighted by Crippen LogP contribution is -2.12. The van der Waals surface area contributed by atoms with Gasteiger partial charge in [-0.25, -0.2) is 9.59 Å². The van der Waals surface area contributed by atoms with Gasteiger partial charge in [-0.2, -0.15) is 0 Å². The summed E-state index contributed by atoms with van der Waals surface area (Å²) in [5.74, 6) is -0.649. The number of ether oxygens (including phenoxy) is 2. The van der Waals surface area contributed by atoms with Crippen LogP contribution in [0.15, 0.2) is 84.9 Å². The normalized spacial score (nSPS) is 9.60. The van der Waals surface area contributed by atoms with Crippen LogP contribution in [0.2, 0.25) is 0 Å². The van der Waals surface area contributed by atoms with Crippen molar-refractivity contribution in [2.45, 2.75) is 0 Å². The van der Waals surface area contributed by atoms with Crippen LogP contribution in [-0.4, -0.2) is 11.9 Å². The Morgan fingerprint density at radius 1 is 0.520 bits per heavy atom. The van der Waals surface area contributed by atoms with E-state index in [0.29, 0.717) is 11.1 Å². The molecule has 0 radical (unpaired) electrons. The van der Waals surface area contributed by atoms with Gasteiger partial charge in [0.05, 0.1) is 11.1 Å². The highest BCUT2D eigenvalue weighted by atomic mass is 79.9. The van der Waals surface area contributed by atoms with Gasteiger partial charge in [-0.3, -0.25) is 0 Å². The summed E-state index contributed by atoms with van der Waals surface area (Å²) in [7, 11) is 0. The SMILES string of the molecule is Br.O=C(Oc1ccccc1OC(=O)c1ccccc1)c1ccccc1. The molecule has 0 aromatic heterocycles. The Morgan fingerprint density at radius 2 is 0.840 bits per heavy atom. The molecule has 126 valence electrons. The molecule has 0 aliphatic heterocycles. The van der Waals surface area contributed by atoms with Crippen molar-refractivity contribution >= 4 is 28.9 Å². The molecule has 3 aromatic rings. The van der Waals surface area contributed by atoms with Crippen LogP contribution < -0.4 is 9.47 Å². The van der Waals surface area contributed by atoms with Crippen LogP contribution in [0.25, 0.3) is 0 Å². The topological polar surface area (TPSA) is 52.6 Å². The third-order valence-corrected chi connectivity index (χ3v) is 3.27. The van der Waals surface area contributed by atoms with Crippen molar-refractivity contribution in [2.24, 2.45) is 0 Å². The fourth-order valence-corrected chi connectivity index (χ4v) is 2.08. The summed E-state index contributed by atoms with van der Waals surface area (Å²) in [6.07, 6.45) is 0. The fraction of sp³-hybridized carbons (Fsp3) is 0. The smallest absolute Gasteiger partial charge is 0.343 e. The molecule has 3 aromatic carbocycles. The highest BCUT2D eigenvalue weighted by Crippen LogP contribution is 2.28. The van der Waals surface area contributed by atoms with Gasteiger partial charge in [0.25, 0.3) is 0 Å². The van der Waals surface area contributed by atoms with E-state index in [9.17, 15) is 9.59 Å². The molecule has 0 saturated heterocycles. The molecule has 4 nitrogen and oxygen atoms in total. The zero-order chi connectivity index (χ0) is 16.8. The van der Waals surface area contributed by atoms with Crippen molar-refractivity contribution in [1.29, 1.82) is 0 Å². The van der Waals surface area contributed by atoms with Gasteiger partial charge < -0.3 is 9.47 Å². The molecule has 3 rings (SSSR count). The van der Waals surface area contributed by atoms with Crippen molar-refractivity contribution in [3.8, 4) is 11.5 Å². The molecule has 0 amide bonds. The maximum atomic E-state index is 12.2. The summed E-state index contributed by atoms with van der Waals surface area (Å²) in [6.45, 7) is 0. The maximum absolute atomic E-state index is 12.2. The number of halogens is 1. The minimum Gasteiger partial charge on any atom is -0.419 e. The minimum atomic E-state index is -0.515. The van der Waals surface area contributed by atoms with E-state index in [0.717, 1.165) is 0 Å². The Balaban J connectivity index is 0.00000225. The quantitative estimate of drug-likeness (QED) is 0.471. The number of esters is 2. The molecular weight excluding hydrogens is 384 g/mol. The maximum Gasteiger partial charge on any atom is 0.343 e. The Hall–Kier alpha value is -2.92. The van der Waals surface area contributed by atoms with Crippen LogP contribution in [0, 0.1) is 0 Å². The zero-order valence-corrected chi connectivity index (χ0v) is 14.8. The number of hydrogen-bond acceptors (Lipinski definition) is 4. The second-order valence-corrected chi connectivity index (χ2v) is 4.96. The van der Waals surface area contributed by atoms with Crippen molar-refractivity contribution in [3.05, 3.63) is 96.1 Å². The summed E-state index contributed by atoms with van der Waals surface area (Å²) in [5, 5.41) is 0. The number of carbonyl (C=O) groups is 2. The van der Waals surface area contributed by atoms with E-state index in [2.05, 4.69) is 0 Å². The molecule has 0 bridgehead atoms. The highest BCUT2D eigenvalue weighted by Gasteiger charge is 2.15. The Kier molecular flexibility index (Phi) is 6.48. The molecule has 0 N–H and O–H groups in total. The summed E-state index contributed by atoms with van der Waals surface area (Å²) >= 11 is 0. The first-order valence-corrected chi connectivity index (χ1v) is 7.37. The van der Waals surface area contributed by atoms with E-state index < -0.39 is 11.9 Å². The van der Waals surface area contributed by atoms with E-state index in [4.69, 9.17) is 9.47 Å². The monoisotopic (exact) mass is 398 g/mol. The molecule has 0 atom stereocenters. The summed E-state index contributed by atoms with van der Waals surface area (Å²) in [6, 6.07) is 23.8. The largest absolute Gasteiger partial charge is 0.419 e. The van der Waals surface area contributed by atoms with Gasteiger partial charge in [-0.1, -0.05) is 48.5 Å². The van der Waals surface area contributed by atoms with Gasteiger partial charge in [0.2, 0.25) is 0 Å². The molecular formula is C20H15BrO4. The van der Waals surface area contributed by atoms with Crippen molar-refractivity contribution in [3.63, 3.8) is 0 Å². The van der Waals surface area contributed by atoms with E-state index in [-0.39, 0.29) is 28.5 Å². The van der Waals surface area contributed by atoms with Gasteiger partial charge in [0, 0.05) is 0 Å². The van der Waals surface area contributed by atoms with Gasteiger partial charge in [0.15, 0.2) is 11.5 Å². The first-order valence-electron chi connectivity index (χ1n) is 7.37.